The number of rotatable bonds is 4. The third kappa shape index (κ3) is 3.34. The lowest BCUT2D eigenvalue weighted by Gasteiger charge is -2.12. The second-order valence-corrected chi connectivity index (χ2v) is 5.18. The van der Waals surface area contributed by atoms with Crippen molar-refractivity contribution in [2.75, 3.05) is 7.11 Å². The third-order valence-corrected chi connectivity index (χ3v) is 3.51. The maximum absolute atomic E-state index is 14.1. The fourth-order valence-corrected chi connectivity index (χ4v) is 2.29. The predicted molar refractivity (Wildman–Crippen MR) is 80.6 cm³/mol. The van der Waals surface area contributed by atoms with Crippen molar-refractivity contribution in [2.45, 2.75) is 19.9 Å². The van der Waals surface area contributed by atoms with Crippen molar-refractivity contribution in [3.63, 3.8) is 0 Å². The van der Waals surface area contributed by atoms with Crippen molar-refractivity contribution in [1.82, 2.24) is 10.5 Å². The van der Waals surface area contributed by atoms with Crippen LogP contribution in [0.2, 0.25) is 5.02 Å². The smallest absolute Gasteiger partial charge is 0.328 e. The van der Waals surface area contributed by atoms with E-state index in [1.807, 2.05) is 0 Å². The highest BCUT2D eigenvalue weighted by Crippen LogP contribution is 2.33. The molecule has 0 spiro atoms. The number of aryl methyl sites for hydroxylation is 1. The van der Waals surface area contributed by atoms with Crippen LogP contribution in [0.5, 0.6) is 0 Å². The minimum absolute atomic E-state index is 0.00718. The molecule has 0 bridgehead atoms. The van der Waals surface area contributed by atoms with Gasteiger partial charge in [0.25, 0.3) is 5.91 Å². The summed E-state index contributed by atoms with van der Waals surface area (Å²) in [4.78, 5) is 23.8. The van der Waals surface area contributed by atoms with Gasteiger partial charge in [0.05, 0.1) is 17.7 Å². The largest absolute Gasteiger partial charge is 0.467 e. The van der Waals surface area contributed by atoms with Crippen LogP contribution in [0.4, 0.5) is 4.39 Å². The lowest BCUT2D eigenvalue weighted by molar-refractivity contribution is -0.142. The summed E-state index contributed by atoms with van der Waals surface area (Å²) in [5, 5.41) is 6.26. The number of hydrogen-bond acceptors (Lipinski definition) is 5. The quantitative estimate of drug-likeness (QED) is 0.865. The number of nitrogens with one attached hydrogen (secondary N) is 1. The summed E-state index contributed by atoms with van der Waals surface area (Å²) in [6.07, 6.45) is 0. The Kier molecular flexibility index (Phi) is 5.00. The molecule has 8 heteroatoms. The summed E-state index contributed by atoms with van der Waals surface area (Å²) in [5.74, 6) is -1.72. The number of nitrogens with zero attached hydrogens (tertiary/aromatic N) is 1. The minimum atomic E-state index is -0.884. The number of halogens is 2. The third-order valence-electron chi connectivity index (χ3n) is 3.19. The van der Waals surface area contributed by atoms with Crippen molar-refractivity contribution in [2.24, 2.45) is 0 Å². The van der Waals surface area contributed by atoms with E-state index in [0.29, 0.717) is 0 Å². The van der Waals surface area contributed by atoms with E-state index in [0.717, 1.165) is 0 Å². The van der Waals surface area contributed by atoms with Crippen LogP contribution < -0.4 is 5.32 Å². The Labute approximate surface area is 136 Å². The van der Waals surface area contributed by atoms with Gasteiger partial charge in [-0.15, -0.1) is 0 Å². The Balaban J connectivity index is 2.43. The number of benzene rings is 1. The molecule has 1 heterocycles. The predicted octanol–water partition coefficient (Wildman–Crippen LogP) is 2.73. The van der Waals surface area contributed by atoms with E-state index < -0.39 is 23.7 Å². The molecule has 6 nitrogen and oxygen atoms in total. The molecule has 0 aliphatic rings. The molecule has 0 aliphatic heterocycles. The van der Waals surface area contributed by atoms with Crippen LogP contribution in [0.15, 0.2) is 22.7 Å². The van der Waals surface area contributed by atoms with Crippen molar-refractivity contribution in [3.05, 3.63) is 40.4 Å². The van der Waals surface area contributed by atoms with Gasteiger partial charge in [0, 0.05) is 0 Å². The average molecular weight is 341 g/mol. The molecule has 1 N–H and O–H groups in total. The fourth-order valence-electron chi connectivity index (χ4n) is 2.04. The van der Waals surface area contributed by atoms with Crippen LogP contribution in [-0.2, 0) is 9.53 Å². The number of carbonyl (C=O) groups excluding carboxylic acids is 2. The van der Waals surface area contributed by atoms with Crippen molar-refractivity contribution in [1.29, 1.82) is 0 Å². The van der Waals surface area contributed by atoms with Gasteiger partial charge in [-0.3, -0.25) is 4.79 Å². The van der Waals surface area contributed by atoms with Gasteiger partial charge in [0.1, 0.15) is 28.9 Å². The molecule has 2 aromatic rings. The summed E-state index contributed by atoms with van der Waals surface area (Å²) in [6.45, 7) is 2.96. The highest BCUT2D eigenvalue weighted by Gasteiger charge is 2.27. The molecule has 0 unspecified atom stereocenters. The van der Waals surface area contributed by atoms with Gasteiger partial charge in [0.15, 0.2) is 0 Å². The molecule has 0 saturated heterocycles. The van der Waals surface area contributed by atoms with E-state index in [1.54, 1.807) is 0 Å². The van der Waals surface area contributed by atoms with Gasteiger partial charge in [-0.05, 0) is 26.0 Å². The molecule has 1 aromatic carbocycles. The molecule has 0 radical (unpaired) electrons. The van der Waals surface area contributed by atoms with E-state index in [1.165, 1.54) is 39.2 Å². The lowest BCUT2D eigenvalue weighted by Crippen LogP contribution is -2.39. The molecule has 1 aromatic heterocycles. The Morgan fingerprint density at radius 2 is 2.13 bits per heavy atom. The summed E-state index contributed by atoms with van der Waals surface area (Å²) in [5.41, 5.74) is -0.0604. The number of methoxy groups -OCH3 is 1. The summed E-state index contributed by atoms with van der Waals surface area (Å²) >= 11 is 6.00. The topological polar surface area (TPSA) is 81.4 Å². The Hall–Kier alpha value is -2.41. The first kappa shape index (κ1) is 17.0. The molecule has 23 heavy (non-hydrogen) atoms. The van der Waals surface area contributed by atoms with Gasteiger partial charge < -0.3 is 14.6 Å². The first-order chi connectivity index (χ1) is 10.9. The summed E-state index contributed by atoms with van der Waals surface area (Å²) in [7, 11) is 1.21. The van der Waals surface area contributed by atoms with Crippen LogP contribution in [0, 0.1) is 12.7 Å². The highest BCUT2D eigenvalue weighted by atomic mass is 35.5. The highest BCUT2D eigenvalue weighted by molar-refractivity contribution is 6.33. The van der Waals surface area contributed by atoms with Crippen molar-refractivity contribution >= 4 is 23.5 Å². The molecule has 2 rings (SSSR count). The Bertz CT molecular complexity index is 740. The van der Waals surface area contributed by atoms with E-state index in [-0.39, 0.29) is 27.6 Å². The Morgan fingerprint density at radius 1 is 1.43 bits per heavy atom. The van der Waals surface area contributed by atoms with Crippen molar-refractivity contribution in [3.8, 4) is 11.3 Å². The number of hydrogen-bond donors (Lipinski definition) is 1. The maximum Gasteiger partial charge on any atom is 0.328 e. The van der Waals surface area contributed by atoms with E-state index in [9.17, 15) is 14.0 Å². The summed E-state index contributed by atoms with van der Waals surface area (Å²) < 4.78 is 23.6. The number of ether oxygens (including phenoxy) is 1. The van der Waals surface area contributed by atoms with Gasteiger partial charge >= 0.3 is 5.97 Å². The lowest BCUT2D eigenvalue weighted by atomic mass is 10.0. The van der Waals surface area contributed by atoms with Gasteiger partial charge in [-0.25, -0.2) is 9.18 Å². The molecule has 0 fully saturated rings. The monoisotopic (exact) mass is 340 g/mol. The zero-order valence-corrected chi connectivity index (χ0v) is 13.4. The van der Waals surface area contributed by atoms with Gasteiger partial charge in [0.2, 0.25) is 0 Å². The average Bonchev–Trinajstić information content (AvgIpc) is 2.87. The molecular formula is C15H14ClFN2O4. The van der Waals surface area contributed by atoms with E-state index in [4.69, 9.17) is 16.1 Å². The van der Waals surface area contributed by atoms with Crippen LogP contribution in [0.25, 0.3) is 11.3 Å². The van der Waals surface area contributed by atoms with Crippen LogP contribution >= 0.6 is 11.6 Å². The molecule has 0 aliphatic carbocycles. The minimum Gasteiger partial charge on any atom is -0.467 e. The first-order valence-electron chi connectivity index (χ1n) is 6.66. The van der Waals surface area contributed by atoms with Gasteiger partial charge in [-0.2, -0.15) is 0 Å². The fraction of sp³-hybridized carbons (Fsp3) is 0.267. The van der Waals surface area contributed by atoms with E-state index >= 15 is 0 Å². The van der Waals surface area contributed by atoms with Crippen LogP contribution in [0.1, 0.15) is 23.0 Å². The normalized spacial score (nSPS) is 11.9. The first-order valence-corrected chi connectivity index (χ1v) is 7.04. The second-order valence-electron chi connectivity index (χ2n) is 4.78. The molecule has 0 saturated carbocycles. The standard InChI is InChI=1S/C15H14ClFN2O4/c1-7(15(21)22-3)18-14(20)11-8(2)23-19-13(11)12-9(16)5-4-6-10(12)17/h4-7H,1-3H3,(H,18,20)/t7-/m0/s1. The molecule has 1 atom stereocenters. The maximum atomic E-state index is 14.1. The Morgan fingerprint density at radius 3 is 2.74 bits per heavy atom. The number of aromatic nitrogens is 1. The van der Waals surface area contributed by atoms with Crippen molar-refractivity contribution < 1.29 is 23.2 Å². The zero-order valence-electron chi connectivity index (χ0n) is 12.6. The van der Waals surface area contributed by atoms with Gasteiger partial charge in [-0.1, -0.05) is 22.8 Å². The number of amides is 1. The molecule has 1 amide bonds. The SMILES string of the molecule is COC(=O)[C@H](C)NC(=O)c1c(-c2c(F)cccc2Cl)noc1C. The van der Waals surface area contributed by atoms with Crippen LogP contribution in [-0.4, -0.2) is 30.2 Å². The second kappa shape index (κ2) is 6.78. The summed E-state index contributed by atoms with van der Waals surface area (Å²) in [6, 6.07) is 3.23. The van der Waals surface area contributed by atoms with Crippen LogP contribution in [0.3, 0.4) is 0 Å². The number of carbonyl (C=O) groups is 2. The zero-order chi connectivity index (χ0) is 17.1. The molecular weight excluding hydrogens is 327 g/mol. The molecule has 122 valence electrons. The van der Waals surface area contributed by atoms with E-state index in [2.05, 4.69) is 15.2 Å². The number of esters is 1.